The van der Waals surface area contributed by atoms with Crippen molar-refractivity contribution in [3.8, 4) is 17.6 Å². The predicted molar refractivity (Wildman–Crippen MR) is 105 cm³/mol. The van der Waals surface area contributed by atoms with Crippen molar-refractivity contribution >= 4 is 39.6 Å². The lowest BCUT2D eigenvalue weighted by Crippen LogP contribution is -2.21. The summed E-state index contributed by atoms with van der Waals surface area (Å²) in [6, 6.07) is 12.2. The summed E-state index contributed by atoms with van der Waals surface area (Å²) in [5.74, 6) is -0.281. The number of nitriles is 1. The van der Waals surface area contributed by atoms with Crippen LogP contribution >= 0.6 is 15.9 Å². The Hall–Kier alpha value is -3.31. The SMILES string of the molecule is Cc1ccc(NC(=O)COC(=O)C(C#N)=Cc2ccc3c(c2)OCO3)c(Br)c1. The molecule has 0 bridgehead atoms. The van der Waals surface area contributed by atoms with Crippen molar-refractivity contribution in [3.63, 3.8) is 0 Å². The van der Waals surface area contributed by atoms with Crippen LogP contribution in [-0.4, -0.2) is 25.3 Å². The van der Waals surface area contributed by atoms with Gasteiger partial charge in [-0.2, -0.15) is 5.26 Å². The van der Waals surface area contributed by atoms with Crippen molar-refractivity contribution < 1.29 is 23.8 Å². The second-order valence-electron chi connectivity index (χ2n) is 5.89. The highest BCUT2D eigenvalue weighted by Crippen LogP contribution is 2.33. The standard InChI is InChI=1S/C20H15BrN2O5/c1-12-2-4-16(15(21)6-12)23-19(24)10-26-20(25)14(9-22)7-13-3-5-17-18(8-13)28-11-27-17/h2-8H,10-11H2,1H3,(H,23,24). The van der Waals surface area contributed by atoms with Gasteiger partial charge >= 0.3 is 5.97 Å². The molecule has 28 heavy (non-hydrogen) atoms. The predicted octanol–water partition coefficient (Wildman–Crippen LogP) is 3.58. The Morgan fingerprint density at radius 2 is 2.04 bits per heavy atom. The highest BCUT2D eigenvalue weighted by atomic mass is 79.9. The maximum Gasteiger partial charge on any atom is 0.349 e. The van der Waals surface area contributed by atoms with Gasteiger partial charge < -0.3 is 19.5 Å². The summed E-state index contributed by atoms with van der Waals surface area (Å²) in [7, 11) is 0. The minimum atomic E-state index is -0.890. The molecule has 0 spiro atoms. The number of halogens is 1. The van der Waals surface area contributed by atoms with Crippen LogP contribution in [0.3, 0.4) is 0 Å². The van der Waals surface area contributed by atoms with E-state index in [0.717, 1.165) is 5.56 Å². The van der Waals surface area contributed by atoms with Crippen molar-refractivity contribution in [3.05, 3.63) is 57.6 Å². The maximum absolute atomic E-state index is 12.1. The fourth-order valence-electron chi connectivity index (χ4n) is 2.42. The van der Waals surface area contributed by atoms with Gasteiger partial charge in [0.05, 0.1) is 5.69 Å². The Kier molecular flexibility index (Phi) is 5.96. The normalized spacial score (nSPS) is 12.2. The molecule has 2 aromatic carbocycles. The summed E-state index contributed by atoms with van der Waals surface area (Å²) in [5.41, 5.74) is 1.93. The summed E-state index contributed by atoms with van der Waals surface area (Å²) in [6.45, 7) is 1.54. The van der Waals surface area contributed by atoms with Crippen molar-refractivity contribution in [2.24, 2.45) is 0 Å². The van der Waals surface area contributed by atoms with Crippen LogP contribution in [0.4, 0.5) is 5.69 Å². The molecule has 1 amide bonds. The van der Waals surface area contributed by atoms with Gasteiger partial charge in [-0.25, -0.2) is 4.79 Å². The molecule has 0 atom stereocenters. The molecular weight excluding hydrogens is 428 g/mol. The van der Waals surface area contributed by atoms with Crippen molar-refractivity contribution in [2.45, 2.75) is 6.92 Å². The van der Waals surface area contributed by atoms with Crippen LogP contribution in [0, 0.1) is 18.3 Å². The van der Waals surface area contributed by atoms with Crippen LogP contribution in [0.15, 0.2) is 46.4 Å². The van der Waals surface area contributed by atoms with Gasteiger partial charge in [-0.3, -0.25) is 4.79 Å². The van der Waals surface area contributed by atoms with E-state index < -0.39 is 18.5 Å². The number of esters is 1. The van der Waals surface area contributed by atoms with Crippen LogP contribution in [0.5, 0.6) is 11.5 Å². The van der Waals surface area contributed by atoms with Crippen LogP contribution in [0.1, 0.15) is 11.1 Å². The quantitative estimate of drug-likeness (QED) is 0.431. The van der Waals surface area contributed by atoms with Gasteiger partial charge in [0.15, 0.2) is 18.1 Å². The van der Waals surface area contributed by atoms with Crippen molar-refractivity contribution in [1.82, 2.24) is 0 Å². The Bertz CT molecular complexity index is 1010. The molecule has 142 valence electrons. The monoisotopic (exact) mass is 442 g/mol. The number of carbonyl (C=O) groups is 2. The van der Waals surface area contributed by atoms with Gasteiger partial charge in [-0.05, 0) is 64.3 Å². The third kappa shape index (κ3) is 4.69. The molecule has 8 heteroatoms. The molecule has 0 saturated carbocycles. The number of nitrogens with zero attached hydrogens (tertiary/aromatic N) is 1. The molecule has 2 aromatic rings. The number of fused-ring (bicyclic) bond motifs is 1. The first-order valence-electron chi connectivity index (χ1n) is 8.21. The van der Waals surface area contributed by atoms with Crippen molar-refractivity contribution in [1.29, 1.82) is 5.26 Å². The number of hydrogen-bond acceptors (Lipinski definition) is 6. The van der Waals surface area contributed by atoms with E-state index in [0.29, 0.717) is 27.2 Å². The molecular formula is C20H15BrN2O5. The lowest BCUT2D eigenvalue weighted by Gasteiger charge is -2.08. The highest BCUT2D eigenvalue weighted by molar-refractivity contribution is 9.10. The Balaban J connectivity index is 1.61. The number of ether oxygens (including phenoxy) is 3. The van der Waals surface area contributed by atoms with Gasteiger partial charge in [0.25, 0.3) is 5.91 Å². The summed E-state index contributed by atoms with van der Waals surface area (Å²) in [6.07, 6.45) is 1.36. The van der Waals surface area contributed by atoms with E-state index in [4.69, 9.17) is 14.2 Å². The van der Waals surface area contributed by atoms with E-state index in [1.54, 1.807) is 30.3 Å². The van der Waals surface area contributed by atoms with Crippen LogP contribution < -0.4 is 14.8 Å². The number of rotatable bonds is 5. The molecule has 0 aromatic heterocycles. The summed E-state index contributed by atoms with van der Waals surface area (Å²) >= 11 is 3.35. The molecule has 0 fully saturated rings. The minimum Gasteiger partial charge on any atom is -0.454 e. The second-order valence-corrected chi connectivity index (χ2v) is 6.74. The zero-order valence-corrected chi connectivity index (χ0v) is 16.4. The van der Waals surface area contributed by atoms with Gasteiger partial charge in [0, 0.05) is 4.47 Å². The zero-order chi connectivity index (χ0) is 20.1. The van der Waals surface area contributed by atoms with Crippen LogP contribution in [0.2, 0.25) is 0 Å². The fraction of sp³-hybridized carbons (Fsp3) is 0.150. The van der Waals surface area contributed by atoms with E-state index in [1.807, 2.05) is 19.1 Å². The lowest BCUT2D eigenvalue weighted by molar-refractivity contribution is -0.142. The first-order valence-corrected chi connectivity index (χ1v) is 9.00. The fourth-order valence-corrected chi connectivity index (χ4v) is 3.02. The second kappa shape index (κ2) is 8.59. The largest absolute Gasteiger partial charge is 0.454 e. The van der Waals surface area contributed by atoms with Gasteiger partial charge in [0.2, 0.25) is 6.79 Å². The molecule has 1 aliphatic heterocycles. The molecule has 0 unspecified atom stereocenters. The number of aryl methyl sites for hydroxylation is 1. The average molecular weight is 443 g/mol. The number of anilines is 1. The Morgan fingerprint density at radius 1 is 1.25 bits per heavy atom. The molecule has 1 aliphatic rings. The topological polar surface area (TPSA) is 97.7 Å². The van der Waals surface area contributed by atoms with Crippen LogP contribution in [-0.2, 0) is 14.3 Å². The molecule has 1 heterocycles. The number of hydrogen-bond donors (Lipinski definition) is 1. The average Bonchev–Trinajstić information content (AvgIpc) is 3.14. The lowest BCUT2D eigenvalue weighted by atomic mass is 10.1. The number of benzene rings is 2. The summed E-state index contributed by atoms with van der Waals surface area (Å²) < 4.78 is 16.1. The van der Waals surface area contributed by atoms with E-state index in [2.05, 4.69) is 21.2 Å². The van der Waals surface area contributed by atoms with Gasteiger partial charge in [-0.15, -0.1) is 0 Å². The Labute approximate surface area is 169 Å². The molecule has 3 rings (SSSR count). The zero-order valence-electron chi connectivity index (χ0n) is 14.8. The maximum atomic E-state index is 12.1. The molecule has 0 radical (unpaired) electrons. The smallest absolute Gasteiger partial charge is 0.349 e. The van der Waals surface area contributed by atoms with E-state index in [1.165, 1.54) is 6.08 Å². The van der Waals surface area contributed by atoms with Crippen LogP contribution in [0.25, 0.3) is 6.08 Å². The van der Waals surface area contributed by atoms with Gasteiger partial charge in [0.1, 0.15) is 11.6 Å². The first kappa shape index (κ1) is 19.5. The van der Waals surface area contributed by atoms with E-state index in [9.17, 15) is 14.9 Å². The van der Waals surface area contributed by atoms with Gasteiger partial charge in [-0.1, -0.05) is 12.1 Å². The Morgan fingerprint density at radius 3 is 2.79 bits per heavy atom. The highest BCUT2D eigenvalue weighted by Gasteiger charge is 2.16. The number of nitrogens with one attached hydrogen (secondary N) is 1. The summed E-state index contributed by atoms with van der Waals surface area (Å²) in [4.78, 5) is 24.1. The molecule has 0 aliphatic carbocycles. The van der Waals surface area contributed by atoms with Crippen molar-refractivity contribution in [2.75, 3.05) is 18.7 Å². The van der Waals surface area contributed by atoms with E-state index >= 15 is 0 Å². The third-order valence-electron chi connectivity index (χ3n) is 3.78. The van der Waals surface area contributed by atoms with E-state index in [-0.39, 0.29) is 12.4 Å². The minimum absolute atomic E-state index is 0.127. The molecule has 0 saturated heterocycles. The number of amides is 1. The molecule has 7 nitrogen and oxygen atoms in total. The molecule has 1 N–H and O–H groups in total. The first-order chi connectivity index (χ1) is 13.5. The third-order valence-corrected chi connectivity index (χ3v) is 4.44. The summed E-state index contributed by atoms with van der Waals surface area (Å²) in [5, 5.41) is 11.9. The number of carbonyl (C=O) groups excluding carboxylic acids is 2.